The number of aliphatic hydroxyl groups excluding tert-OH is 1. The second-order valence-electron chi connectivity index (χ2n) is 6.61. The lowest BCUT2D eigenvalue weighted by Gasteiger charge is -2.22. The van der Waals surface area contributed by atoms with Gasteiger partial charge in [-0.1, -0.05) is 32.1 Å². The number of benzene rings is 1. The number of aliphatic hydroxyl groups is 1. The highest BCUT2D eigenvalue weighted by molar-refractivity contribution is 5.99. The summed E-state index contributed by atoms with van der Waals surface area (Å²) in [4.78, 5) is 7.92. The van der Waals surface area contributed by atoms with Crippen LogP contribution in [0.15, 0.2) is 41.5 Å². The smallest absolute Gasteiger partial charge is 0.101 e. The number of aliphatic imine (C=N–C) groups is 1. The number of aromatic nitrogens is 1. The molecule has 0 radical (unpaired) electrons. The van der Waals surface area contributed by atoms with E-state index in [1.54, 1.807) is 0 Å². The quantitative estimate of drug-likeness (QED) is 0.811. The Bertz CT molecular complexity index is 725. The SMILES string of the molecule is CC(C)(CO)CN=C1CCC=C(c2cccc3[nH]ccc23)N1. The average Bonchev–Trinajstić information content (AvgIpc) is 3.02. The third-order valence-electron chi connectivity index (χ3n) is 4.02. The number of H-pyrrole nitrogens is 1. The van der Waals surface area contributed by atoms with Gasteiger partial charge in [-0.3, -0.25) is 4.99 Å². The molecule has 0 spiro atoms. The van der Waals surface area contributed by atoms with Gasteiger partial charge in [-0.05, 0) is 18.6 Å². The van der Waals surface area contributed by atoms with E-state index in [1.165, 1.54) is 10.9 Å². The number of amidine groups is 1. The van der Waals surface area contributed by atoms with Crippen molar-refractivity contribution in [1.29, 1.82) is 0 Å². The second-order valence-corrected chi connectivity index (χ2v) is 6.61. The van der Waals surface area contributed by atoms with Crippen molar-refractivity contribution in [2.45, 2.75) is 26.7 Å². The first kappa shape index (κ1) is 14.9. The minimum Gasteiger partial charge on any atom is -0.396 e. The molecule has 116 valence electrons. The first-order chi connectivity index (χ1) is 10.6. The predicted octanol–water partition coefficient (Wildman–Crippen LogP) is 3.31. The van der Waals surface area contributed by atoms with Crippen LogP contribution in [0, 0.1) is 5.41 Å². The van der Waals surface area contributed by atoms with Crippen LogP contribution in [0.1, 0.15) is 32.3 Å². The Kier molecular flexibility index (Phi) is 4.03. The van der Waals surface area contributed by atoms with Gasteiger partial charge in [0.25, 0.3) is 0 Å². The molecule has 2 heterocycles. The molecule has 1 aromatic carbocycles. The zero-order chi connectivity index (χ0) is 15.6. The number of rotatable bonds is 4. The van der Waals surface area contributed by atoms with Crippen molar-refractivity contribution in [3.63, 3.8) is 0 Å². The van der Waals surface area contributed by atoms with Crippen LogP contribution >= 0.6 is 0 Å². The van der Waals surface area contributed by atoms with Crippen LogP contribution in [0.5, 0.6) is 0 Å². The minimum atomic E-state index is -0.170. The summed E-state index contributed by atoms with van der Waals surface area (Å²) in [5.74, 6) is 1.01. The van der Waals surface area contributed by atoms with Crippen molar-refractivity contribution in [3.05, 3.63) is 42.1 Å². The molecule has 2 aromatic rings. The van der Waals surface area contributed by atoms with Crippen LogP contribution in [0.3, 0.4) is 0 Å². The van der Waals surface area contributed by atoms with Crippen molar-refractivity contribution in [1.82, 2.24) is 10.3 Å². The van der Waals surface area contributed by atoms with Crippen molar-refractivity contribution in [3.8, 4) is 0 Å². The Morgan fingerprint density at radius 3 is 2.95 bits per heavy atom. The highest BCUT2D eigenvalue weighted by Gasteiger charge is 2.18. The van der Waals surface area contributed by atoms with E-state index in [1.807, 2.05) is 20.0 Å². The van der Waals surface area contributed by atoms with E-state index in [-0.39, 0.29) is 12.0 Å². The summed E-state index contributed by atoms with van der Waals surface area (Å²) in [6, 6.07) is 8.39. The monoisotopic (exact) mass is 297 g/mol. The maximum atomic E-state index is 9.34. The fourth-order valence-corrected chi connectivity index (χ4v) is 2.60. The standard InChI is InChI=1S/C18H23N3O/c1-18(2,12-22)11-20-17-8-4-7-16(21-17)13-5-3-6-15-14(13)9-10-19-15/h3,5-7,9-10,19,22H,4,8,11-12H2,1-2H3,(H,20,21). The normalized spacial score (nSPS) is 17.6. The first-order valence-electron chi connectivity index (χ1n) is 7.77. The molecule has 0 saturated carbocycles. The molecule has 0 saturated heterocycles. The van der Waals surface area contributed by atoms with E-state index in [4.69, 9.17) is 0 Å². The molecule has 3 rings (SSSR count). The minimum absolute atomic E-state index is 0.148. The molecule has 3 N–H and O–H groups in total. The van der Waals surface area contributed by atoms with Gasteiger partial charge in [0.1, 0.15) is 5.84 Å². The van der Waals surface area contributed by atoms with Crippen molar-refractivity contribution in [2.24, 2.45) is 10.4 Å². The molecule has 0 atom stereocenters. The molecule has 0 bridgehead atoms. The van der Waals surface area contributed by atoms with Crippen molar-refractivity contribution < 1.29 is 5.11 Å². The molecule has 1 aromatic heterocycles. The summed E-state index contributed by atoms with van der Waals surface area (Å²) in [7, 11) is 0. The number of hydrogen-bond donors (Lipinski definition) is 3. The summed E-state index contributed by atoms with van der Waals surface area (Å²) in [5.41, 5.74) is 3.30. The maximum Gasteiger partial charge on any atom is 0.101 e. The Balaban J connectivity index is 1.83. The lowest BCUT2D eigenvalue weighted by atomic mass is 9.95. The maximum absolute atomic E-state index is 9.34. The van der Waals surface area contributed by atoms with E-state index in [9.17, 15) is 5.11 Å². The lowest BCUT2D eigenvalue weighted by molar-refractivity contribution is 0.167. The zero-order valence-corrected chi connectivity index (χ0v) is 13.2. The Labute approximate surface area is 131 Å². The van der Waals surface area contributed by atoms with Crippen molar-refractivity contribution >= 4 is 22.4 Å². The van der Waals surface area contributed by atoms with E-state index in [0.717, 1.165) is 29.9 Å². The molecule has 0 fully saturated rings. The topological polar surface area (TPSA) is 60.4 Å². The number of allylic oxidation sites excluding steroid dienone is 1. The van der Waals surface area contributed by atoms with Gasteiger partial charge in [0.2, 0.25) is 0 Å². The first-order valence-corrected chi connectivity index (χ1v) is 7.77. The van der Waals surface area contributed by atoms with Gasteiger partial charge >= 0.3 is 0 Å². The largest absolute Gasteiger partial charge is 0.396 e. The van der Waals surface area contributed by atoms with Crippen LogP contribution in [0.2, 0.25) is 0 Å². The number of hydrogen-bond acceptors (Lipinski definition) is 2. The van der Waals surface area contributed by atoms with Crippen LogP contribution in [0.4, 0.5) is 0 Å². The number of nitrogens with zero attached hydrogens (tertiary/aromatic N) is 1. The Morgan fingerprint density at radius 1 is 1.27 bits per heavy atom. The molecule has 0 unspecified atom stereocenters. The molecule has 1 aliphatic heterocycles. The van der Waals surface area contributed by atoms with Gasteiger partial charge in [0.15, 0.2) is 0 Å². The van der Waals surface area contributed by atoms with Gasteiger partial charge in [-0.2, -0.15) is 0 Å². The molecule has 0 amide bonds. The number of fused-ring (bicyclic) bond motifs is 1. The van der Waals surface area contributed by atoms with Gasteiger partial charge < -0.3 is 15.4 Å². The fraction of sp³-hybridized carbons (Fsp3) is 0.389. The molecule has 4 heteroatoms. The number of aromatic amines is 1. The van der Waals surface area contributed by atoms with E-state index >= 15 is 0 Å². The molecule has 22 heavy (non-hydrogen) atoms. The third-order valence-corrected chi connectivity index (χ3v) is 4.02. The summed E-state index contributed by atoms with van der Waals surface area (Å²) in [6.07, 6.45) is 6.12. The van der Waals surface area contributed by atoms with Crippen LogP contribution in [0.25, 0.3) is 16.6 Å². The van der Waals surface area contributed by atoms with Gasteiger partial charge in [-0.25, -0.2) is 0 Å². The van der Waals surface area contributed by atoms with Gasteiger partial charge in [0, 0.05) is 53.3 Å². The summed E-state index contributed by atoms with van der Waals surface area (Å²) >= 11 is 0. The van der Waals surface area contributed by atoms with Crippen molar-refractivity contribution in [2.75, 3.05) is 13.2 Å². The van der Waals surface area contributed by atoms with E-state index < -0.39 is 0 Å². The molecule has 4 nitrogen and oxygen atoms in total. The summed E-state index contributed by atoms with van der Waals surface area (Å²) < 4.78 is 0. The molecular formula is C18H23N3O. The molecule has 0 aliphatic carbocycles. The van der Waals surface area contributed by atoms with Gasteiger partial charge in [0.05, 0.1) is 0 Å². The van der Waals surface area contributed by atoms with Crippen LogP contribution < -0.4 is 5.32 Å². The lowest BCUT2D eigenvalue weighted by Crippen LogP contribution is -2.28. The third kappa shape index (κ3) is 3.07. The van der Waals surface area contributed by atoms with E-state index in [2.05, 4.69) is 45.6 Å². The van der Waals surface area contributed by atoms with Gasteiger partial charge in [-0.15, -0.1) is 0 Å². The number of nitrogens with one attached hydrogen (secondary N) is 2. The predicted molar refractivity (Wildman–Crippen MR) is 91.8 cm³/mol. The zero-order valence-electron chi connectivity index (χ0n) is 13.2. The highest BCUT2D eigenvalue weighted by atomic mass is 16.3. The fourth-order valence-electron chi connectivity index (χ4n) is 2.60. The highest BCUT2D eigenvalue weighted by Crippen LogP contribution is 2.25. The molecule has 1 aliphatic rings. The Morgan fingerprint density at radius 2 is 2.14 bits per heavy atom. The molecular weight excluding hydrogens is 274 g/mol. The van der Waals surface area contributed by atoms with Crippen LogP contribution in [-0.4, -0.2) is 29.1 Å². The van der Waals surface area contributed by atoms with Crippen LogP contribution in [-0.2, 0) is 0 Å². The Hall–Kier alpha value is -2.07. The second kappa shape index (κ2) is 5.97. The van der Waals surface area contributed by atoms with E-state index in [0.29, 0.717) is 6.54 Å². The average molecular weight is 297 g/mol. The summed E-state index contributed by atoms with van der Waals surface area (Å²) in [5, 5.41) is 14.0. The summed E-state index contributed by atoms with van der Waals surface area (Å²) in [6.45, 7) is 4.83.